The summed E-state index contributed by atoms with van der Waals surface area (Å²) in [6, 6.07) is 0.158. The molecule has 1 heterocycles. The minimum atomic E-state index is -0.127. The van der Waals surface area contributed by atoms with Crippen molar-refractivity contribution in [2.45, 2.75) is 52.1 Å². The fourth-order valence-electron chi connectivity index (χ4n) is 2.15. The van der Waals surface area contributed by atoms with Crippen LogP contribution in [0.5, 0.6) is 0 Å². The van der Waals surface area contributed by atoms with Crippen LogP contribution in [0.15, 0.2) is 0 Å². The lowest BCUT2D eigenvalue weighted by atomic mass is 10.0. The van der Waals surface area contributed by atoms with E-state index in [-0.39, 0.29) is 30.4 Å². The van der Waals surface area contributed by atoms with Crippen molar-refractivity contribution in [2.24, 2.45) is 0 Å². The molecule has 0 aliphatic carbocycles. The third kappa shape index (κ3) is 4.64. The van der Waals surface area contributed by atoms with Gasteiger partial charge in [0.2, 0.25) is 11.8 Å². The Morgan fingerprint density at radius 3 is 2.83 bits per heavy atom. The molecule has 1 atom stereocenters. The van der Waals surface area contributed by atoms with Crippen molar-refractivity contribution in [2.75, 3.05) is 19.6 Å². The summed E-state index contributed by atoms with van der Waals surface area (Å²) in [4.78, 5) is 25.4. The first-order chi connectivity index (χ1) is 8.54. The lowest BCUT2D eigenvalue weighted by Crippen LogP contribution is -2.54. The minimum Gasteiger partial charge on any atom is -0.355 e. The molecule has 1 aliphatic rings. The van der Waals surface area contributed by atoms with E-state index in [1.165, 1.54) is 0 Å². The molecule has 0 saturated carbocycles. The quantitative estimate of drug-likeness (QED) is 0.726. The highest BCUT2D eigenvalue weighted by molar-refractivity contribution is 5.88. The first-order valence-electron chi connectivity index (χ1n) is 6.86. The number of nitrogens with zero attached hydrogens (tertiary/aromatic N) is 1. The number of rotatable bonds is 6. The largest absolute Gasteiger partial charge is 0.355 e. The third-order valence-electron chi connectivity index (χ3n) is 2.97. The first-order valence-corrected chi connectivity index (χ1v) is 6.86. The van der Waals surface area contributed by atoms with Gasteiger partial charge in [-0.05, 0) is 19.3 Å². The number of piperidine rings is 1. The molecule has 5 heteroatoms. The van der Waals surface area contributed by atoms with Gasteiger partial charge in [-0.2, -0.15) is 0 Å². The van der Waals surface area contributed by atoms with Gasteiger partial charge >= 0.3 is 0 Å². The second-order valence-electron chi connectivity index (χ2n) is 5.13. The summed E-state index contributed by atoms with van der Waals surface area (Å²) in [7, 11) is 0. The van der Waals surface area contributed by atoms with Crippen LogP contribution < -0.4 is 10.6 Å². The summed E-state index contributed by atoms with van der Waals surface area (Å²) in [5.74, 6) is -0.00278. The summed E-state index contributed by atoms with van der Waals surface area (Å²) in [6.07, 6.45) is 2.73. The Hall–Kier alpha value is -1.10. The van der Waals surface area contributed by atoms with Gasteiger partial charge in [0.15, 0.2) is 0 Å². The molecule has 0 radical (unpaired) electrons. The van der Waals surface area contributed by atoms with Gasteiger partial charge in [0.05, 0.1) is 12.6 Å². The Morgan fingerprint density at radius 1 is 1.50 bits per heavy atom. The van der Waals surface area contributed by atoms with Gasteiger partial charge in [-0.3, -0.25) is 9.59 Å². The molecule has 0 aromatic carbocycles. The molecule has 2 N–H and O–H groups in total. The standard InChI is InChI=1S/C13H25N3O2/c1-4-7-14-12(17)9-16-8-5-6-11(13(16)18)15-10(2)3/h10-11,15H,4-9H2,1-3H3,(H,14,17). The molecule has 0 bridgehead atoms. The van der Waals surface area contributed by atoms with Crippen LogP contribution in [0.1, 0.15) is 40.0 Å². The van der Waals surface area contributed by atoms with Gasteiger partial charge in [0, 0.05) is 19.1 Å². The number of nitrogens with one attached hydrogen (secondary N) is 2. The maximum absolute atomic E-state index is 12.2. The maximum atomic E-state index is 12.2. The van der Waals surface area contributed by atoms with Crippen LogP contribution in [0.25, 0.3) is 0 Å². The van der Waals surface area contributed by atoms with Crippen molar-refractivity contribution >= 4 is 11.8 Å². The van der Waals surface area contributed by atoms with Crippen molar-refractivity contribution in [1.82, 2.24) is 15.5 Å². The van der Waals surface area contributed by atoms with Crippen LogP contribution in [-0.2, 0) is 9.59 Å². The van der Waals surface area contributed by atoms with Crippen LogP contribution in [0.2, 0.25) is 0 Å². The summed E-state index contributed by atoms with van der Waals surface area (Å²) in [6.45, 7) is 7.62. The predicted octanol–water partition coefficient (Wildman–Crippen LogP) is 0.502. The number of amides is 2. The van der Waals surface area contributed by atoms with Crippen LogP contribution in [0.3, 0.4) is 0 Å². The molecule has 18 heavy (non-hydrogen) atoms. The average molecular weight is 255 g/mol. The summed E-state index contributed by atoms with van der Waals surface area (Å²) in [5.41, 5.74) is 0. The van der Waals surface area contributed by atoms with E-state index in [1.54, 1.807) is 4.90 Å². The second-order valence-corrected chi connectivity index (χ2v) is 5.13. The molecule has 1 unspecified atom stereocenters. The van der Waals surface area contributed by atoms with E-state index in [0.29, 0.717) is 13.1 Å². The lowest BCUT2D eigenvalue weighted by Gasteiger charge is -2.33. The van der Waals surface area contributed by atoms with Crippen molar-refractivity contribution in [3.05, 3.63) is 0 Å². The molecule has 104 valence electrons. The normalized spacial score (nSPS) is 20.3. The molecular weight excluding hydrogens is 230 g/mol. The van der Waals surface area contributed by atoms with E-state index in [4.69, 9.17) is 0 Å². The Balaban J connectivity index is 2.45. The molecule has 2 amide bonds. The highest BCUT2D eigenvalue weighted by Crippen LogP contribution is 2.12. The summed E-state index contributed by atoms with van der Waals surface area (Å²) >= 11 is 0. The Bertz CT molecular complexity index is 292. The number of likely N-dealkylation sites (tertiary alicyclic amines) is 1. The zero-order chi connectivity index (χ0) is 13.5. The van der Waals surface area contributed by atoms with E-state index in [2.05, 4.69) is 10.6 Å². The second kappa shape index (κ2) is 7.36. The molecule has 1 rings (SSSR count). The summed E-state index contributed by atoms with van der Waals surface area (Å²) < 4.78 is 0. The van der Waals surface area contributed by atoms with Gasteiger partial charge in [0.25, 0.3) is 0 Å². The average Bonchev–Trinajstić information content (AvgIpc) is 2.31. The zero-order valence-corrected chi connectivity index (χ0v) is 11.7. The minimum absolute atomic E-state index is 0.0570. The van der Waals surface area contributed by atoms with E-state index >= 15 is 0 Å². The lowest BCUT2D eigenvalue weighted by molar-refractivity contribution is -0.140. The molecule has 1 saturated heterocycles. The van der Waals surface area contributed by atoms with E-state index in [1.807, 2.05) is 20.8 Å². The van der Waals surface area contributed by atoms with Crippen molar-refractivity contribution in [3.63, 3.8) is 0 Å². The van der Waals surface area contributed by atoms with Crippen LogP contribution in [-0.4, -0.2) is 48.4 Å². The van der Waals surface area contributed by atoms with Gasteiger partial charge in [0.1, 0.15) is 0 Å². The first kappa shape index (κ1) is 15.0. The van der Waals surface area contributed by atoms with E-state index in [0.717, 1.165) is 19.3 Å². The van der Waals surface area contributed by atoms with Crippen LogP contribution in [0, 0.1) is 0 Å². The van der Waals surface area contributed by atoms with Crippen LogP contribution in [0.4, 0.5) is 0 Å². The molecular formula is C13H25N3O2. The molecule has 0 aromatic rings. The monoisotopic (exact) mass is 255 g/mol. The van der Waals surface area contributed by atoms with Gasteiger partial charge in [-0.1, -0.05) is 20.8 Å². The molecule has 1 aliphatic heterocycles. The number of hydrogen-bond acceptors (Lipinski definition) is 3. The molecule has 5 nitrogen and oxygen atoms in total. The van der Waals surface area contributed by atoms with E-state index < -0.39 is 0 Å². The summed E-state index contributed by atoms with van der Waals surface area (Å²) in [5, 5.41) is 6.06. The number of carbonyl (C=O) groups is 2. The van der Waals surface area contributed by atoms with Crippen molar-refractivity contribution in [1.29, 1.82) is 0 Å². The topological polar surface area (TPSA) is 61.4 Å². The van der Waals surface area contributed by atoms with Gasteiger partial charge < -0.3 is 15.5 Å². The number of carbonyl (C=O) groups excluding carboxylic acids is 2. The van der Waals surface area contributed by atoms with Gasteiger partial charge in [-0.15, -0.1) is 0 Å². The molecule has 1 fully saturated rings. The highest BCUT2D eigenvalue weighted by Gasteiger charge is 2.29. The van der Waals surface area contributed by atoms with Crippen molar-refractivity contribution < 1.29 is 9.59 Å². The van der Waals surface area contributed by atoms with E-state index in [9.17, 15) is 9.59 Å². The fourth-order valence-corrected chi connectivity index (χ4v) is 2.15. The van der Waals surface area contributed by atoms with Crippen LogP contribution >= 0.6 is 0 Å². The number of hydrogen-bond donors (Lipinski definition) is 2. The molecule has 0 spiro atoms. The Labute approximate surface area is 109 Å². The third-order valence-corrected chi connectivity index (χ3v) is 2.97. The highest BCUT2D eigenvalue weighted by atomic mass is 16.2. The fraction of sp³-hybridized carbons (Fsp3) is 0.846. The van der Waals surface area contributed by atoms with Crippen molar-refractivity contribution in [3.8, 4) is 0 Å². The maximum Gasteiger partial charge on any atom is 0.240 e. The van der Waals surface area contributed by atoms with Gasteiger partial charge in [-0.25, -0.2) is 0 Å². The SMILES string of the molecule is CCCNC(=O)CN1CCCC(NC(C)C)C1=O. The molecule has 0 aromatic heterocycles. The Kier molecular flexibility index (Phi) is 6.12. The smallest absolute Gasteiger partial charge is 0.240 e. The Morgan fingerprint density at radius 2 is 2.22 bits per heavy atom. The zero-order valence-electron chi connectivity index (χ0n) is 11.7. The predicted molar refractivity (Wildman–Crippen MR) is 71.2 cm³/mol.